The quantitative estimate of drug-likeness (QED) is 0.195. The number of hydrogen-bond donors (Lipinski definition) is 0. The van der Waals surface area contributed by atoms with Gasteiger partial charge in [0.25, 0.3) is 0 Å². The second kappa shape index (κ2) is 12.0. The Bertz CT molecular complexity index is 936. The van der Waals surface area contributed by atoms with Gasteiger partial charge in [-0.05, 0) is 72.6 Å². The van der Waals surface area contributed by atoms with Crippen molar-refractivity contribution in [2.75, 3.05) is 26.4 Å². The molecule has 0 saturated carbocycles. The van der Waals surface area contributed by atoms with Gasteiger partial charge in [-0.1, -0.05) is 82.6 Å². The van der Waals surface area contributed by atoms with Crippen LogP contribution in [0.25, 0.3) is 0 Å². The van der Waals surface area contributed by atoms with Crippen LogP contribution in [0.5, 0.6) is 11.5 Å². The average Bonchev–Trinajstić information content (AvgIpc) is 2.79. The molecule has 1 aliphatic heterocycles. The Morgan fingerprint density at radius 3 is 1.18 bits per heavy atom. The Morgan fingerprint density at radius 1 is 0.579 bits per heavy atom. The first-order valence-electron chi connectivity index (χ1n) is 14.3. The summed E-state index contributed by atoms with van der Waals surface area (Å²) >= 11 is 0. The molecule has 0 spiro atoms. The summed E-state index contributed by atoms with van der Waals surface area (Å²) in [6.07, 6.45) is 1.32. The van der Waals surface area contributed by atoms with Crippen molar-refractivity contribution in [1.29, 1.82) is 0 Å². The van der Waals surface area contributed by atoms with Crippen molar-refractivity contribution >= 4 is 35.1 Å². The number of ether oxygens (including phenoxy) is 2. The van der Waals surface area contributed by atoms with Gasteiger partial charge in [-0.25, -0.2) is 0 Å². The van der Waals surface area contributed by atoms with Crippen molar-refractivity contribution in [3.8, 4) is 11.5 Å². The van der Waals surface area contributed by atoms with E-state index in [2.05, 4.69) is 116 Å². The summed E-state index contributed by atoms with van der Waals surface area (Å²) in [6.45, 7) is 25.2. The summed E-state index contributed by atoms with van der Waals surface area (Å²) in [5, 5.41) is 3.45. The molecule has 0 amide bonds. The van der Waals surface area contributed by atoms with Crippen LogP contribution in [0.4, 0.5) is 0 Å². The van der Waals surface area contributed by atoms with Gasteiger partial charge >= 0.3 is 0 Å². The zero-order valence-corrected chi connectivity index (χ0v) is 28.7. The van der Waals surface area contributed by atoms with E-state index in [9.17, 15) is 0 Å². The van der Waals surface area contributed by atoms with Gasteiger partial charge in [-0.2, -0.15) is 0 Å². The van der Waals surface area contributed by atoms with E-state index in [0.29, 0.717) is 26.4 Å². The lowest BCUT2D eigenvalue weighted by Gasteiger charge is -2.41. The molecule has 212 valence electrons. The maximum Gasteiger partial charge on any atom is 0.192 e. The van der Waals surface area contributed by atoms with Gasteiger partial charge in [0.15, 0.2) is 16.6 Å². The van der Waals surface area contributed by atoms with Gasteiger partial charge in [-0.3, -0.25) is 0 Å². The maximum atomic E-state index is 6.25. The molecule has 1 heterocycles. The van der Waals surface area contributed by atoms with E-state index in [0.717, 1.165) is 11.5 Å². The molecule has 1 saturated heterocycles. The van der Waals surface area contributed by atoms with Gasteiger partial charge in [0.05, 0.1) is 13.2 Å². The molecule has 0 bridgehead atoms. The van der Waals surface area contributed by atoms with E-state index in [1.165, 1.54) is 28.9 Å². The maximum absolute atomic E-state index is 6.25. The molecule has 4 nitrogen and oxygen atoms in total. The Labute approximate surface area is 235 Å². The second-order valence-corrected chi connectivity index (χ2v) is 27.8. The minimum Gasteiger partial charge on any atom is -0.491 e. The van der Waals surface area contributed by atoms with Crippen LogP contribution >= 0.6 is 0 Å². The van der Waals surface area contributed by atoms with Gasteiger partial charge in [0.1, 0.15) is 32.8 Å². The monoisotopic (exact) mass is 572 g/mol. The molecule has 38 heavy (non-hydrogen) atoms. The molecule has 0 atom stereocenters. The number of hydrogen-bond acceptors (Lipinski definition) is 4. The van der Waals surface area contributed by atoms with Gasteiger partial charge in [-0.15, -0.1) is 0 Å². The molecule has 2 aromatic carbocycles. The molecule has 1 fully saturated rings. The van der Waals surface area contributed by atoms with Crippen LogP contribution < -0.4 is 19.8 Å². The predicted molar refractivity (Wildman–Crippen MR) is 169 cm³/mol. The fraction of sp³-hybridized carbons (Fsp3) is 0.613. The summed E-state index contributed by atoms with van der Waals surface area (Å²) < 4.78 is 24.6. The summed E-state index contributed by atoms with van der Waals surface area (Å²) in [5.41, 5.74) is 0. The molecule has 1 aliphatic rings. The van der Waals surface area contributed by atoms with Crippen molar-refractivity contribution < 1.29 is 18.3 Å². The fourth-order valence-electron chi connectivity index (χ4n) is 4.36. The summed E-state index contributed by atoms with van der Waals surface area (Å²) in [5.74, 6) is 1.86. The largest absolute Gasteiger partial charge is 0.491 e. The molecule has 0 unspecified atom stereocenters. The molecule has 0 N–H and O–H groups in total. The smallest absolute Gasteiger partial charge is 0.192 e. The lowest BCUT2D eigenvalue weighted by Crippen LogP contribution is -2.62. The predicted octanol–water partition coefficient (Wildman–Crippen LogP) is 7.45. The summed E-state index contributed by atoms with van der Waals surface area (Å²) in [4.78, 5) is 0. The van der Waals surface area contributed by atoms with E-state index in [-0.39, 0.29) is 10.1 Å². The standard InChI is InChI=1S/C31H52O4Si3/c1-30(2,3)36(7,8)34-22-20-32-26-12-16-28(17-13-26)38(24-11-25-38)29-18-14-27(15-19-29)33-21-23-35-37(9,10)31(4,5)6/h12-19H,11,20-25H2,1-10H3. The third kappa shape index (κ3) is 7.42. The normalized spacial score (nSPS) is 16.2. The molecular weight excluding hydrogens is 521 g/mol. The number of benzene rings is 2. The van der Waals surface area contributed by atoms with Crippen molar-refractivity contribution in [1.82, 2.24) is 0 Å². The van der Waals surface area contributed by atoms with Crippen LogP contribution in [0.3, 0.4) is 0 Å². The molecule has 0 radical (unpaired) electrons. The van der Waals surface area contributed by atoms with Crippen LogP contribution in [0, 0.1) is 0 Å². The van der Waals surface area contributed by atoms with E-state index in [4.69, 9.17) is 18.3 Å². The highest BCUT2D eigenvalue weighted by Gasteiger charge is 2.43. The average molecular weight is 573 g/mol. The minimum atomic E-state index is -1.73. The first-order chi connectivity index (χ1) is 17.6. The first kappa shape index (κ1) is 31.1. The van der Waals surface area contributed by atoms with E-state index >= 15 is 0 Å². The van der Waals surface area contributed by atoms with Crippen molar-refractivity contribution in [2.24, 2.45) is 0 Å². The lowest BCUT2D eigenvalue weighted by molar-refractivity contribution is 0.203. The highest BCUT2D eigenvalue weighted by atomic mass is 28.4. The molecule has 0 aliphatic carbocycles. The molecule has 7 heteroatoms. The van der Waals surface area contributed by atoms with Crippen molar-refractivity contribution in [2.45, 2.75) is 96.3 Å². The first-order valence-corrected chi connectivity index (χ1v) is 22.6. The third-order valence-corrected chi connectivity index (χ3v) is 23.6. The van der Waals surface area contributed by atoms with Gasteiger partial charge < -0.3 is 18.3 Å². The molecule has 0 aromatic heterocycles. The Morgan fingerprint density at radius 2 is 0.921 bits per heavy atom. The van der Waals surface area contributed by atoms with Gasteiger partial charge in [0.2, 0.25) is 0 Å². The molecule has 2 aromatic rings. The lowest BCUT2D eigenvalue weighted by atomic mass is 10.2. The topological polar surface area (TPSA) is 36.9 Å². The molecule has 3 rings (SSSR count). The summed E-state index contributed by atoms with van der Waals surface area (Å²) in [7, 11) is -5.11. The SMILES string of the molecule is CC(C)(C)[Si](C)(C)OCCOc1ccc([Si]2(c3ccc(OCCO[Si](C)(C)C(C)(C)C)cc3)CCC2)cc1. The van der Waals surface area contributed by atoms with Crippen molar-refractivity contribution in [3.05, 3.63) is 48.5 Å². The zero-order valence-electron chi connectivity index (χ0n) is 25.7. The van der Waals surface area contributed by atoms with Gasteiger partial charge in [0, 0.05) is 0 Å². The number of rotatable bonds is 12. The zero-order chi connectivity index (χ0) is 28.2. The Kier molecular flexibility index (Phi) is 9.84. The molecular formula is C31H52O4Si3. The second-order valence-electron chi connectivity index (χ2n) is 13.9. The highest BCUT2D eigenvalue weighted by Crippen LogP contribution is 2.37. The van der Waals surface area contributed by atoms with Crippen LogP contribution in [0.15, 0.2) is 48.5 Å². The van der Waals surface area contributed by atoms with Crippen molar-refractivity contribution in [3.63, 3.8) is 0 Å². The van der Waals surface area contributed by atoms with E-state index in [1.807, 2.05) is 0 Å². The Balaban J connectivity index is 1.53. The Hall–Kier alpha value is -1.39. The van der Waals surface area contributed by atoms with E-state index in [1.54, 1.807) is 0 Å². The van der Waals surface area contributed by atoms with Crippen LogP contribution in [-0.4, -0.2) is 51.1 Å². The minimum absolute atomic E-state index is 0.222. The van der Waals surface area contributed by atoms with Crippen LogP contribution in [0.2, 0.25) is 48.4 Å². The fourth-order valence-corrected chi connectivity index (χ4v) is 10.6. The third-order valence-electron chi connectivity index (χ3n) is 9.26. The summed E-state index contributed by atoms with van der Waals surface area (Å²) in [6, 6.07) is 20.4. The van der Waals surface area contributed by atoms with Crippen LogP contribution in [-0.2, 0) is 8.85 Å². The van der Waals surface area contributed by atoms with E-state index < -0.39 is 24.7 Å². The highest BCUT2D eigenvalue weighted by molar-refractivity contribution is 7.04. The van der Waals surface area contributed by atoms with Crippen LogP contribution in [0.1, 0.15) is 48.0 Å².